The van der Waals surface area contributed by atoms with Crippen LogP contribution in [-0.2, 0) is 14.3 Å². The molecule has 5 heteroatoms. The van der Waals surface area contributed by atoms with Crippen LogP contribution in [0, 0.1) is 11.3 Å². The number of carboxylic acid groups (broad SMARTS) is 1. The van der Waals surface area contributed by atoms with E-state index in [4.69, 9.17) is 9.84 Å². The summed E-state index contributed by atoms with van der Waals surface area (Å²) in [6.07, 6.45) is 4.22. The number of carbonyl (C=O) groups excluding carboxylic acids is 1. The van der Waals surface area contributed by atoms with Gasteiger partial charge in [0.15, 0.2) is 0 Å². The molecule has 1 amide bonds. The van der Waals surface area contributed by atoms with Crippen molar-refractivity contribution < 1.29 is 19.4 Å². The van der Waals surface area contributed by atoms with E-state index in [1.165, 1.54) is 12.8 Å². The van der Waals surface area contributed by atoms with Crippen LogP contribution in [0.3, 0.4) is 0 Å². The molecule has 2 rings (SSSR count). The van der Waals surface area contributed by atoms with Crippen LogP contribution in [0.4, 0.5) is 0 Å². The van der Waals surface area contributed by atoms with Crippen molar-refractivity contribution in [3.8, 4) is 0 Å². The second kappa shape index (κ2) is 5.04. The lowest BCUT2D eigenvalue weighted by molar-refractivity contribution is -0.162. The van der Waals surface area contributed by atoms with Crippen LogP contribution in [0.15, 0.2) is 0 Å². The molecular weight excluding hydrogens is 222 g/mol. The van der Waals surface area contributed by atoms with Crippen LogP contribution in [0.25, 0.3) is 0 Å². The summed E-state index contributed by atoms with van der Waals surface area (Å²) in [6, 6.07) is 0. The van der Waals surface area contributed by atoms with E-state index >= 15 is 0 Å². The van der Waals surface area contributed by atoms with E-state index in [0.29, 0.717) is 31.9 Å². The van der Waals surface area contributed by atoms with Crippen LogP contribution >= 0.6 is 0 Å². The van der Waals surface area contributed by atoms with Gasteiger partial charge in [0, 0.05) is 13.2 Å². The van der Waals surface area contributed by atoms with Crippen molar-refractivity contribution in [3.05, 3.63) is 0 Å². The summed E-state index contributed by atoms with van der Waals surface area (Å²) in [5, 5.41) is 11.7. The van der Waals surface area contributed by atoms with Crippen LogP contribution in [0.2, 0.25) is 0 Å². The zero-order valence-corrected chi connectivity index (χ0v) is 9.91. The zero-order chi connectivity index (χ0) is 12.3. The van der Waals surface area contributed by atoms with Crippen molar-refractivity contribution in [1.82, 2.24) is 5.32 Å². The van der Waals surface area contributed by atoms with E-state index in [-0.39, 0.29) is 5.91 Å². The molecule has 0 aromatic rings. The van der Waals surface area contributed by atoms with Crippen molar-refractivity contribution in [1.29, 1.82) is 0 Å². The third kappa shape index (κ3) is 2.77. The summed E-state index contributed by atoms with van der Waals surface area (Å²) < 4.78 is 5.37. The smallest absolute Gasteiger partial charge is 0.319 e. The molecule has 2 N–H and O–H groups in total. The number of carboxylic acids is 1. The normalized spacial score (nSPS) is 21.6. The van der Waals surface area contributed by atoms with Crippen molar-refractivity contribution >= 4 is 11.9 Å². The maximum atomic E-state index is 11.8. The highest BCUT2D eigenvalue weighted by Crippen LogP contribution is 2.41. The van der Waals surface area contributed by atoms with Crippen LogP contribution < -0.4 is 5.32 Å². The number of ether oxygens (including phenoxy) is 1. The Kier molecular flexibility index (Phi) is 3.66. The van der Waals surface area contributed by atoms with Crippen molar-refractivity contribution in [2.24, 2.45) is 11.3 Å². The highest BCUT2D eigenvalue weighted by Gasteiger charge is 2.50. The first kappa shape index (κ1) is 12.4. The fraction of sp³-hybridized carbons (Fsp3) is 0.833. The first-order chi connectivity index (χ1) is 8.15. The quantitative estimate of drug-likeness (QED) is 0.510. The van der Waals surface area contributed by atoms with Gasteiger partial charge in [0.25, 0.3) is 0 Å². The molecule has 17 heavy (non-hydrogen) atoms. The Morgan fingerprint density at radius 3 is 2.53 bits per heavy atom. The number of hydrogen-bond donors (Lipinski definition) is 2. The minimum Gasteiger partial charge on any atom is -0.480 e. The van der Waals surface area contributed by atoms with Crippen LogP contribution in [-0.4, -0.2) is 36.7 Å². The van der Waals surface area contributed by atoms with Crippen LogP contribution in [0.5, 0.6) is 0 Å². The number of amides is 1. The van der Waals surface area contributed by atoms with Gasteiger partial charge in [-0.3, -0.25) is 9.59 Å². The molecule has 0 radical (unpaired) electrons. The van der Waals surface area contributed by atoms with Gasteiger partial charge in [0.2, 0.25) is 5.91 Å². The maximum Gasteiger partial charge on any atom is 0.319 e. The van der Waals surface area contributed by atoms with Gasteiger partial charge in [0.1, 0.15) is 5.41 Å². The van der Waals surface area contributed by atoms with Gasteiger partial charge in [-0.1, -0.05) is 6.42 Å². The Labute approximate surface area is 101 Å². The standard InChI is InChI=1S/C12H19NO4/c14-10(12(11(15)16)4-1-5-12)13-6-7-17-8-9-2-3-9/h9H,1-8H2,(H,13,14)(H,15,16). The Morgan fingerprint density at radius 2 is 2.06 bits per heavy atom. The second-order valence-electron chi connectivity index (χ2n) is 5.02. The van der Waals surface area contributed by atoms with E-state index in [0.717, 1.165) is 13.0 Å². The molecule has 0 aromatic carbocycles. The fourth-order valence-electron chi connectivity index (χ4n) is 2.01. The van der Waals surface area contributed by atoms with Crippen LogP contribution in [0.1, 0.15) is 32.1 Å². The second-order valence-corrected chi connectivity index (χ2v) is 5.02. The molecule has 0 aliphatic heterocycles. The molecule has 0 saturated heterocycles. The Bertz CT molecular complexity index is 308. The van der Waals surface area contributed by atoms with Gasteiger partial charge in [-0.25, -0.2) is 0 Å². The maximum absolute atomic E-state index is 11.8. The van der Waals surface area contributed by atoms with E-state index in [2.05, 4.69) is 5.32 Å². The molecule has 96 valence electrons. The number of hydrogen-bond acceptors (Lipinski definition) is 3. The highest BCUT2D eigenvalue weighted by molar-refractivity contribution is 6.02. The number of carbonyl (C=O) groups is 2. The predicted octanol–water partition coefficient (Wildman–Crippen LogP) is 0.784. The molecule has 0 heterocycles. The first-order valence-corrected chi connectivity index (χ1v) is 6.24. The summed E-state index contributed by atoms with van der Waals surface area (Å²) in [5.41, 5.74) is -1.16. The third-order valence-corrected chi connectivity index (χ3v) is 3.63. The van der Waals surface area contributed by atoms with Crippen molar-refractivity contribution in [2.45, 2.75) is 32.1 Å². The van der Waals surface area contributed by atoms with Gasteiger partial charge < -0.3 is 15.2 Å². The Balaban J connectivity index is 1.63. The van der Waals surface area contributed by atoms with Gasteiger partial charge in [-0.15, -0.1) is 0 Å². The lowest BCUT2D eigenvalue weighted by atomic mass is 9.68. The molecule has 0 spiro atoms. The van der Waals surface area contributed by atoms with E-state index in [1.54, 1.807) is 0 Å². The topological polar surface area (TPSA) is 75.6 Å². The summed E-state index contributed by atoms with van der Waals surface area (Å²) >= 11 is 0. The number of nitrogens with one attached hydrogen (secondary N) is 1. The molecule has 0 unspecified atom stereocenters. The Morgan fingerprint density at radius 1 is 1.35 bits per heavy atom. The molecule has 0 atom stereocenters. The van der Waals surface area contributed by atoms with E-state index in [9.17, 15) is 9.59 Å². The Hall–Kier alpha value is -1.10. The average Bonchev–Trinajstić information content (AvgIpc) is 2.98. The monoisotopic (exact) mass is 241 g/mol. The molecule has 2 aliphatic rings. The number of rotatable bonds is 7. The predicted molar refractivity (Wildman–Crippen MR) is 60.5 cm³/mol. The lowest BCUT2D eigenvalue weighted by Gasteiger charge is -2.35. The van der Waals surface area contributed by atoms with Crippen molar-refractivity contribution in [2.75, 3.05) is 19.8 Å². The van der Waals surface area contributed by atoms with Gasteiger partial charge >= 0.3 is 5.97 Å². The molecule has 2 fully saturated rings. The van der Waals surface area contributed by atoms with E-state index in [1.807, 2.05) is 0 Å². The molecule has 0 bridgehead atoms. The largest absolute Gasteiger partial charge is 0.480 e. The van der Waals surface area contributed by atoms with Gasteiger partial charge in [-0.05, 0) is 31.6 Å². The van der Waals surface area contributed by atoms with Gasteiger partial charge in [0.05, 0.1) is 6.61 Å². The van der Waals surface area contributed by atoms with Crippen molar-refractivity contribution in [3.63, 3.8) is 0 Å². The summed E-state index contributed by atoms with van der Waals surface area (Å²) in [6.45, 7) is 1.64. The molecule has 2 saturated carbocycles. The SMILES string of the molecule is O=C(O)C1(C(=O)NCCOCC2CC2)CCC1. The third-order valence-electron chi connectivity index (χ3n) is 3.63. The average molecular weight is 241 g/mol. The molecule has 2 aliphatic carbocycles. The minimum atomic E-state index is -1.16. The van der Waals surface area contributed by atoms with E-state index < -0.39 is 11.4 Å². The molecule has 0 aromatic heterocycles. The molecular formula is C12H19NO4. The summed E-state index contributed by atoms with van der Waals surface area (Å²) in [5.74, 6) is -0.644. The summed E-state index contributed by atoms with van der Waals surface area (Å²) in [4.78, 5) is 22.8. The first-order valence-electron chi connectivity index (χ1n) is 6.24. The lowest BCUT2D eigenvalue weighted by Crippen LogP contribution is -2.51. The highest BCUT2D eigenvalue weighted by atomic mass is 16.5. The summed E-state index contributed by atoms with van der Waals surface area (Å²) in [7, 11) is 0. The van der Waals surface area contributed by atoms with Gasteiger partial charge in [-0.2, -0.15) is 0 Å². The minimum absolute atomic E-state index is 0.355. The molecule has 5 nitrogen and oxygen atoms in total. The zero-order valence-electron chi connectivity index (χ0n) is 9.91. The number of aliphatic carboxylic acids is 1. The fourth-order valence-corrected chi connectivity index (χ4v) is 2.01.